The third-order valence-electron chi connectivity index (χ3n) is 4.04. The third-order valence-corrected chi connectivity index (χ3v) is 4.04. The zero-order chi connectivity index (χ0) is 15.6. The highest BCUT2D eigenvalue weighted by molar-refractivity contribution is 5.85. The molecular formula is C17H26N2O2. The molecule has 116 valence electrons. The van der Waals surface area contributed by atoms with E-state index in [1.54, 1.807) is 0 Å². The number of anilines is 2. The zero-order valence-corrected chi connectivity index (χ0v) is 13.6. The van der Waals surface area contributed by atoms with Crippen LogP contribution in [0, 0.1) is 11.8 Å². The van der Waals surface area contributed by atoms with Gasteiger partial charge in [0.05, 0.1) is 0 Å². The molecular weight excluding hydrogens is 264 g/mol. The van der Waals surface area contributed by atoms with E-state index in [1.165, 1.54) is 6.42 Å². The van der Waals surface area contributed by atoms with Crippen LogP contribution in [0.15, 0.2) is 24.3 Å². The van der Waals surface area contributed by atoms with E-state index in [0.29, 0.717) is 12.0 Å². The van der Waals surface area contributed by atoms with Crippen molar-refractivity contribution in [1.29, 1.82) is 0 Å². The average molecular weight is 290 g/mol. The Morgan fingerprint density at radius 2 is 1.71 bits per heavy atom. The summed E-state index contributed by atoms with van der Waals surface area (Å²) in [6.45, 7) is 10.1. The number of ether oxygens (including phenoxy) is 1. The van der Waals surface area contributed by atoms with Gasteiger partial charge in [-0.2, -0.15) is 0 Å². The maximum atomic E-state index is 11.7. The Morgan fingerprint density at radius 3 is 2.19 bits per heavy atom. The quantitative estimate of drug-likeness (QED) is 0.862. The SMILES string of the molecule is CC1CC(Nc2ccc(NC(=O)OC(C)(C)C)cc2)C1C. The average Bonchev–Trinajstić information content (AvgIpc) is 2.38. The fourth-order valence-electron chi connectivity index (χ4n) is 2.51. The van der Waals surface area contributed by atoms with E-state index in [0.717, 1.165) is 17.3 Å². The second-order valence-corrected chi connectivity index (χ2v) is 7.03. The van der Waals surface area contributed by atoms with E-state index in [9.17, 15) is 4.79 Å². The van der Waals surface area contributed by atoms with E-state index < -0.39 is 11.7 Å². The van der Waals surface area contributed by atoms with Gasteiger partial charge < -0.3 is 10.1 Å². The number of amides is 1. The van der Waals surface area contributed by atoms with Crippen LogP contribution in [-0.2, 0) is 4.74 Å². The minimum atomic E-state index is -0.483. The topological polar surface area (TPSA) is 50.4 Å². The van der Waals surface area contributed by atoms with Gasteiger partial charge in [0, 0.05) is 17.4 Å². The summed E-state index contributed by atoms with van der Waals surface area (Å²) in [5.41, 5.74) is 1.35. The van der Waals surface area contributed by atoms with Crippen LogP contribution in [0.1, 0.15) is 41.0 Å². The lowest BCUT2D eigenvalue weighted by molar-refractivity contribution is 0.0636. The van der Waals surface area contributed by atoms with E-state index in [4.69, 9.17) is 4.74 Å². The number of benzene rings is 1. The largest absolute Gasteiger partial charge is 0.444 e. The predicted molar refractivity (Wildman–Crippen MR) is 86.7 cm³/mol. The van der Waals surface area contributed by atoms with Crippen LogP contribution in [0.25, 0.3) is 0 Å². The molecule has 0 aliphatic heterocycles. The molecule has 4 nitrogen and oxygen atoms in total. The van der Waals surface area contributed by atoms with E-state index in [-0.39, 0.29) is 0 Å². The molecule has 0 bridgehead atoms. The Balaban J connectivity index is 1.86. The van der Waals surface area contributed by atoms with Crippen LogP contribution in [0.3, 0.4) is 0 Å². The fraction of sp³-hybridized carbons (Fsp3) is 0.588. The summed E-state index contributed by atoms with van der Waals surface area (Å²) in [6, 6.07) is 8.31. The number of carbonyl (C=O) groups is 1. The molecule has 0 spiro atoms. The van der Waals surface area contributed by atoms with E-state index in [1.807, 2.05) is 45.0 Å². The number of rotatable bonds is 3. The highest BCUT2D eigenvalue weighted by Crippen LogP contribution is 2.35. The molecule has 2 rings (SSSR count). The highest BCUT2D eigenvalue weighted by Gasteiger charge is 2.33. The minimum absolute atomic E-state index is 0.426. The monoisotopic (exact) mass is 290 g/mol. The van der Waals surface area contributed by atoms with Crippen molar-refractivity contribution in [3.05, 3.63) is 24.3 Å². The molecule has 1 saturated carbocycles. The fourth-order valence-corrected chi connectivity index (χ4v) is 2.51. The van der Waals surface area contributed by atoms with Crippen molar-refractivity contribution < 1.29 is 9.53 Å². The summed E-state index contributed by atoms with van der Waals surface area (Å²) < 4.78 is 5.22. The van der Waals surface area contributed by atoms with Gasteiger partial charge >= 0.3 is 6.09 Å². The first kappa shape index (κ1) is 15.7. The van der Waals surface area contributed by atoms with Gasteiger partial charge in [-0.05, 0) is 63.3 Å². The van der Waals surface area contributed by atoms with Gasteiger partial charge in [0.2, 0.25) is 0 Å². The maximum Gasteiger partial charge on any atom is 0.412 e. The first-order valence-electron chi connectivity index (χ1n) is 7.61. The number of carbonyl (C=O) groups excluding carboxylic acids is 1. The molecule has 0 heterocycles. The molecule has 1 aromatic rings. The summed E-state index contributed by atoms with van der Waals surface area (Å²) in [6.07, 6.45) is 0.795. The molecule has 1 aromatic carbocycles. The second-order valence-electron chi connectivity index (χ2n) is 7.03. The molecule has 2 N–H and O–H groups in total. The third kappa shape index (κ3) is 4.38. The Morgan fingerprint density at radius 1 is 1.14 bits per heavy atom. The van der Waals surface area contributed by atoms with Crippen molar-refractivity contribution in [2.75, 3.05) is 10.6 Å². The molecule has 1 amide bonds. The smallest absolute Gasteiger partial charge is 0.412 e. The molecule has 21 heavy (non-hydrogen) atoms. The van der Waals surface area contributed by atoms with Crippen molar-refractivity contribution in [3.8, 4) is 0 Å². The molecule has 4 heteroatoms. The van der Waals surface area contributed by atoms with E-state index in [2.05, 4.69) is 24.5 Å². The van der Waals surface area contributed by atoms with Gasteiger partial charge in [0.25, 0.3) is 0 Å². The summed E-state index contributed by atoms with van der Waals surface area (Å²) in [5, 5.41) is 6.27. The van der Waals surface area contributed by atoms with Crippen LogP contribution >= 0.6 is 0 Å². The lowest BCUT2D eigenvalue weighted by atomic mass is 9.71. The van der Waals surface area contributed by atoms with Crippen LogP contribution in [0.2, 0.25) is 0 Å². The number of nitrogens with one attached hydrogen (secondary N) is 2. The molecule has 0 radical (unpaired) electrons. The summed E-state index contributed by atoms with van der Waals surface area (Å²) in [4.78, 5) is 11.7. The van der Waals surface area contributed by atoms with Gasteiger partial charge in [0.1, 0.15) is 5.60 Å². The summed E-state index contributed by atoms with van der Waals surface area (Å²) in [5.74, 6) is 1.51. The standard InChI is InChI=1S/C17H26N2O2/c1-11-10-15(12(11)2)18-13-6-8-14(9-7-13)19-16(20)21-17(3,4)5/h6-9,11-12,15,18H,10H2,1-5H3,(H,19,20). The zero-order valence-electron chi connectivity index (χ0n) is 13.6. The van der Waals surface area contributed by atoms with Crippen molar-refractivity contribution >= 4 is 17.5 Å². The lowest BCUT2D eigenvalue weighted by Gasteiger charge is -2.41. The van der Waals surface area contributed by atoms with Gasteiger partial charge in [-0.15, -0.1) is 0 Å². The Labute approximate surface area is 127 Å². The van der Waals surface area contributed by atoms with Crippen molar-refractivity contribution in [1.82, 2.24) is 0 Å². The molecule has 0 aromatic heterocycles. The molecule has 3 atom stereocenters. The van der Waals surface area contributed by atoms with Crippen molar-refractivity contribution in [2.45, 2.75) is 52.7 Å². The molecule has 1 aliphatic rings. The normalized spacial score (nSPS) is 24.9. The maximum absolute atomic E-state index is 11.7. The first-order valence-corrected chi connectivity index (χ1v) is 7.61. The minimum Gasteiger partial charge on any atom is -0.444 e. The number of hydrogen-bond donors (Lipinski definition) is 2. The summed E-state index contributed by atoms with van der Waals surface area (Å²) in [7, 11) is 0. The Bertz CT molecular complexity index is 491. The van der Waals surface area contributed by atoms with Crippen LogP contribution < -0.4 is 10.6 Å². The summed E-state index contributed by atoms with van der Waals surface area (Å²) >= 11 is 0. The van der Waals surface area contributed by atoms with E-state index >= 15 is 0 Å². The van der Waals surface area contributed by atoms with Gasteiger partial charge in [-0.3, -0.25) is 5.32 Å². The number of hydrogen-bond acceptors (Lipinski definition) is 3. The molecule has 1 aliphatic carbocycles. The Kier molecular flexibility index (Phi) is 4.45. The van der Waals surface area contributed by atoms with Crippen LogP contribution in [0.4, 0.5) is 16.2 Å². The first-order chi connectivity index (χ1) is 9.74. The van der Waals surface area contributed by atoms with Crippen LogP contribution in [0.5, 0.6) is 0 Å². The predicted octanol–water partition coefficient (Wildman–Crippen LogP) is 4.49. The highest BCUT2D eigenvalue weighted by atomic mass is 16.6. The van der Waals surface area contributed by atoms with Gasteiger partial charge in [-0.1, -0.05) is 13.8 Å². The molecule has 0 saturated heterocycles. The lowest BCUT2D eigenvalue weighted by Crippen LogP contribution is -2.43. The molecule has 3 unspecified atom stereocenters. The van der Waals surface area contributed by atoms with Crippen molar-refractivity contribution in [3.63, 3.8) is 0 Å². The van der Waals surface area contributed by atoms with Gasteiger partial charge in [-0.25, -0.2) is 4.79 Å². The second kappa shape index (κ2) is 5.96. The Hall–Kier alpha value is -1.71. The van der Waals surface area contributed by atoms with Crippen LogP contribution in [-0.4, -0.2) is 17.7 Å². The van der Waals surface area contributed by atoms with Gasteiger partial charge in [0.15, 0.2) is 0 Å². The molecule has 1 fully saturated rings. The van der Waals surface area contributed by atoms with Crippen molar-refractivity contribution in [2.24, 2.45) is 11.8 Å².